The Balaban J connectivity index is 1.89. The number of rotatable bonds is 2. The van der Waals surface area contributed by atoms with Crippen molar-refractivity contribution in [3.05, 3.63) is 63.5 Å². The summed E-state index contributed by atoms with van der Waals surface area (Å²) in [6.07, 6.45) is -3.63. The lowest BCUT2D eigenvalue weighted by Crippen LogP contribution is -2.43. The molecule has 2 aliphatic rings. The molecule has 2 heterocycles. The summed E-state index contributed by atoms with van der Waals surface area (Å²) in [5.74, 6) is -0.656. The summed E-state index contributed by atoms with van der Waals surface area (Å²) >= 11 is 1.49. The third-order valence-corrected chi connectivity index (χ3v) is 6.22. The number of alkyl halides is 3. The zero-order chi connectivity index (χ0) is 21.0. The highest BCUT2D eigenvalue weighted by Crippen LogP contribution is 2.48. The van der Waals surface area contributed by atoms with Crippen LogP contribution in [0.5, 0.6) is 0 Å². The van der Waals surface area contributed by atoms with Crippen LogP contribution in [-0.2, 0) is 15.8 Å². The van der Waals surface area contributed by atoms with Gasteiger partial charge in [0, 0.05) is 35.7 Å². The largest absolute Gasteiger partial charge is 0.416 e. The molecule has 3 nitrogen and oxygen atoms in total. The van der Waals surface area contributed by atoms with Crippen LogP contribution in [0.4, 0.5) is 18.9 Å². The fourth-order valence-corrected chi connectivity index (χ4v) is 5.01. The molecule has 0 saturated heterocycles. The maximum atomic E-state index is 13.2. The highest BCUT2D eigenvalue weighted by molar-refractivity contribution is 7.08. The highest BCUT2D eigenvalue weighted by atomic mass is 32.1. The van der Waals surface area contributed by atoms with E-state index in [4.69, 9.17) is 0 Å². The van der Waals surface area contributed by atoms with Gasteiger partial charge in [-0.25, -0.2) is 0 Å². The molecule has 1 aliphatic heterocycles. The maximum Gasteiger partial charge on any atom is 0.416 e. The molecule has 2 aromatic rings. The number of nitrogens with zero attached hydrogens (tertiary/aromatic N) is 1. The molecule has 0 fully saturated rings. The van der Waals surface area contributed by atoms with Gasteiger partial charge < -0.3 is 0 Å². The Bertz CT molecular complexity index is 1010. The predicted molar refractivity (Wildman–Crippen MR) is 106 cm³/mol. The summed E-state index contributed by atoms with van der Waals surface area (Å²) < 4.78 is 39.7. The van der Waals surface area contributed by atoms with Gasteiger partial charge in [0.2, 0.25) is 5.91 Å². The summed E-state index contributed by atoms with van der Waals surface area (Å²) in [6.45, 7) is 3.88. The number of hydrogen-bond donors (Lipinski definition) is 0. The Morgan fingerprint density at radius 1 is 1.14 bits per heavy atom. The zero-order valence-corrected chi connectivity index (χ0v) is 16.9. The summed E-state index contributed by atoms with van der Waals surface area (Å²) in [5.41, 5.74) is 0.996. The minimum Gasteiger partial charge on any atom is -0.294 e. The maximum absolute atomic E-state index is 13.2. The van der Waals surface area contributed by atoms with Crippen LogP contribution < -0.4 is 4.90 Å². The number of ketones is 1. The van der Waals surface area contributed by atoms with E-state index in [0.717, 1.165) is 17.7 Å². The van der Waals surface area contributed by atoms with E-state index in [1.807, 2.05) is 30.7 Å². The Labute approximate surface area is 170 Å². The van der Waals surface area contributed by atoms with E-state index in [-0.39, 0.29) is 35.1 Å². The first-order valence-electron chi connectivity index (χ1n) is 9.35. The topological polar surface area (TPSA) is 37.4 Å². The lowest BCUT2D eigenvalue weighted by molar-refractivity contribution is -0.137. The molecule has 4 rings (SSSR count). The van der Waals surface area contributed by atoms with E-state index in [2.05, 4.69) is 0 Å². The van der Waals surface area contributed by atoms with Crippen molar-refractivity contribution in [2.24, 2.45) is 5.41 Å². The van der Waals surface area contributed by atoms with Gasteiger partial charge in [0.05, 0.1) is 5.56 Å². The van der Waals surface area contributed by atoms with Crippen molar-refractivity contribution in [1.29, 1.82) is 0 Å². The van der Waals surface area contributed by atoms with Gasteiger partial charge in [0.25, 0.3) is 0 Å². The number of anilines is 1. The quantitative estimate of drug-likeness (QED) is 0.605. The third kappa shape index (κ3) is 3.64. The van der Waals surface area contributed by atoms with Gasteiger partial charge in [-0.1, -0.05) is 19.9 Å². The van der Waals surface area contributed by atoms with E-state index in [0.29, 0.717) is 24.1 Å². The van der Waals surface area contributed by atoms with Crippen LogP contribution in [0.1, 0.15) is 50.2 Å². The second-order valence-corrected chi connectivity index (χ2v) is 9.17. The van der Waals surface area contributed by atoms with Crippen LogP contribution >= 0.6 is 11.3 Å². The van der Waals surface area contributed by atoms with Crippen molar-refractivity contribution in [3.8, 4) is 0 Å². The van der Waals surface area contributed by atoms with E-state index in [1.54, 1.807) is 0 Å². The number of halogens is 3. The van der Waals surface area contributed by atoms with E-state index in [1.165, 1.54) is 28.4 Å². The van der Waals surface area contributed by atoms with Gasteiger partial charge in [-0.15, -0.1) is 0 Å². The van der Waals surface area contributed by atoms with Gasteiger partial charge in [-0.05, 0) is 52.4 Å². The minimum atomic E-state index is -4.51. The van der Waals surface area contributed by atoms with Crippen molar-refractivity contribution in [2.75, 3.05) is 4.90 Å². The Morgan fingerprint density at radius 2 is 1.90 bits per heavy atom. The number of benzene rings is 1. The molecule has 0 radical (unpaired) electrons. The van der Waals surface area contributed by atoms with E-state index < -0.39 is 11.7 Å². The summed E-state index contributed by atoms with van der Waals surface area (Å²) in [6, 6.07) is 6.66. The first-order valence-corrected chi connectivity index (χ1v) is 10.3. The number of carbonyl (C=O) groups excluding carboxylic acids is 2. The fourth-order valence-electron chi connectivity index (χ4n) is 4.29. The number of carbonyl (C=O) groups is 2. The molecular weight excluding hydrogens is 399 g/mol. The highest BCUT2D eigenvalue weighted by Gasteiger charge is 2.44. The van der Waals surface area contributed by atoms with Crippen LogP contribution in [0.2, 0.25) is 0 Å². The van der Waals surface area contributed by atoms with E-state index >= 15 is 0 Å². The molecule has 0 unspecified atom stereocenters. The van der Waals surface area contributed by atoms with Crippen LogP contribution in [0.25, 0.3) is 0 Å². The molecule has 1 aliphatic carbocycles. The molecule has 1 amide bonds. The standard InChI is InChI=1S/C22H20F3NO2S/c1-21(2)10-17-20(18(27)11-21)16(13-6-7-29-12-13)9-19(28)26(17)15-5-3-4-14(8-15)22(23,24)25/h3-8,12,16H,9-11H2,1-2H3/t16-/m0/s1. The molecule has 1 aromatic heterocycles. The van der Waals surface area contributed by atoms with Crippen molar-refractivity contribution in [3.63, 3.8) is 0 Å². The van der Waals surface area contributed by atoms with Gasteiger partial charge in [0.15, 0.2) is 5.78 Å². The number of Topliss-reactive ketones (excluding diaryl/α,β-unsaturated/α-hetero) is 1. The molecule has 0 bridgehead atoms. The summed E-state index contributed by atoms with van der Waals surface area (Å²) in [7, 11) is 0. The van der Waals surface area contributed by atoms with Gasteiger partial charge in [0.1, 0.15) is 0 Å². The van der Waals surface area contributed by atoms with Crippen LogP contribution in [0, 0.1) is 5.41 Å². The normalized spacial score (nSPS) is 22.1. The van der Waals surface area contributed by atoms with Gasteiger partial charge in [-0.2, -0.15) is 24.5 Å². The lowest BCUT2D eigenvalue weighted by Gasteiger charge is -2.42. The molecule has 0 saturated carbocycles. The average molecular weight is 419 g/mol. The van der Waals surface area contributed by atoms with E-state index in [9.17, 15) is 22.8 Å². The fraction of sp³-hybridized carbons (Fsp3) is 0.364. The molecule has 1 aromatic carbocycles. The summed E-state index contributed by atoms with van der Waals surface area (Å²) in [4.78, 5) is 27.6. The van der Waals surface area contributed by atoms with Crippen LogP contribution in [-0.4, -0.2) is 11.7 Å². The second kappa shape index (κ2) is 6.83. The number of amides is 1. The van der Waals surface area contributed by atoms with Gasteiger partial charge in [-0.3, -0.25) is 14.5 Å². The predicted octanol–water partition coefficient (Wildman–Crippen LogP) is 5.93. The van der Waals surface area contributed by atoms with Gasteiger partial charge >= 0.3 is 6.18 Å². The Morgan fingerprint density at radius 3 is 2.55 bits per heavy atom. The molecule has 0 N–H and O–H groups in total. The van der Waals surface area contributed by atoms with Crippen molar-refractivity contribution < 1.29 is 22.8 Å². The molecule has 0 spiro atoms. The molecular formula is C22H20F3NO2S. The zero-order valence-electron chi connectivity index (χ0n) is 16.0. The molecule has 7 heteroatoms. The molecule has 29 heavy (non-hydrogen) atoms. The third-order valence-electron chi connectivity index (χ3n) is 5.52. The first kappa shape index (κ1) is 19.9. The lowest BCUT2D eigenvalue weighted by atomic mass is 9.69. The first-order chi connectivity index (χ1) is 13.6. The number of hydrogen-bond acceptors (Lipinski definition) is 3. The molecule has 1 atom stereocenters. The van der Waals surface area contributed by atoms with Crippen molar-refractivity contribution in [1.82, 2.24) is 0 Å². The van der Waals surface area contributed by atoms with Crippen molar-refractivity contribution >= 4 is 28.7 Å². The minimum absolute atomic E-state index is 0.0306. The van der Waals surface area contributed by atoms with Crippen LogP contribution in [0.15, 0.2) is 52.4 Å². The second-order valence-electron chi connectivity index (χ2n) is 8.39. The SMILES string of the molecule is CC1(C)CC(=O)C2=C(C1)N(c1cccc(C(F)(F)F)c1)C(=O)C[C@H]2c1ccsc1. The molecule has 152 valence electrons. The monoisotopic (exact) mass is 419 g/mol. The Kier molecular flexibility index (Phi) is 4.69. The average Bonchev–Trinajstić information content (AvgIpc) is 3.13. The Hall–Kier alpha value is -2.41. The summed E-state index contributed by atoms with van der Waals surface area (Å²) in [5, 5.41) is 3.83. The van der Waals surface area contributed by atoms with Crippen molar-refractivity contribution in [2.45, 2.75) is 45.2 Å². The van der Waals surface area contributed by atoms with Crippen LogP contribution in [0.3, 0.4) is 0 Å². The number of thiophene rings is 1. The number of allylic oxidation sites excluding steroid dienone is 2. The smallest absolute Gasteiger partial charge is 0.294 e.